The van der Waals surface area contributed by atoms with Crippen molar-refractivity contribution in [1.29, 1.82) is 0 Å². The molecular formula is C11H17N3O4. The maximum atomic E-state index is 10.9. The predicted octanol–water partition coefficient (Wildman–Crippen LogP) is 0.792. The number of aliphatic hydroxyl groups excluding tert-OH is 2. The summed E-state index contributed by atoms with van der Waals surface area (Å²) in [5.41, 5.74) is 0.854. The fraction of sp³-hybridized carbons (Fsp3) is 0.455. The molecule has 0 radical (unpaired) electrons. The quantitative estimate of drug-likeness (QED) is 0.424. The van der Waals surface area contributed by atoms with Crippen LogP contribution >= 0.6 is 0 Å². The van der Waals surface area contributed by atoms with Crippen LogP contribution in [0.4, 0.5) is 17.1 Å². The third-order valence-corrected chi connectivity index (χ3v) is 2.22. The molecule has 0 bridgehead atoms. The number of aliphatic hydroxyl groups is 2. The highest BCUT2D eigenvalue weighted by Crippen LogP contribution is 2.27. The van der Waals surface area contributed by atoms with Crippen LogP contribution in [0.3, 0.4) is 0 Å². The summed E-state index contributed by atoms with van der Waals surface area (Å²) in [7, 11) is 0. The van der Waals surface area contributed by atoms with Gasteiger partial charge in [-0.05, 0) is 19.1 Å². The molecule has 100 valence electrons. The van der Waals surface area contributed by atoms with Crippen molar-refractivity contribution in [2.75, 3.05) is 30.3 Å². The Morgan fingerprint density at radius 2 is 2.17 bits per heavy atom. The van der Waals surface area contributed by atoms with Gasteiger partial charge in [0.05, 0.1) is 17.6 Å². The molecule has 0 aromatic heterocycles. The molecule has 1 aromatic rings. The summed E-state index contributed by atoms with van der Waals surface area (Å²) in [6.07, 6.45) is -0.531. The SMILES string of the molecule is CC(O)CNc1ccc(NCCO)c([N+](=O)[O-])c1. The molecule has 0 amide bonds. The number of benzene rings is 1. The Morgan fingerprint density at radius 3 is 2.72 bits per heavy atom. The van der Waals surface area contributed by atoms with E-state index in [1.807, 2.05) is 0 Å². The lowest BCUT2D eigenvalue weighted by atomic mass is 10.2. The van der Waals surface area contributed by atoms with Crippen molar-refractivity contribution >= 4 is 17.1 Å². The molecular weight excluding hydrogens is 238 g/mol. The molecule has 7 nitrogen and oxygen atoms in total. The van der Waals surface area contributed by atoms with E-state index in [4.69, 9.17) is 10.2 Å². The molecule has 0 saturated carbocycles. The van der Waals surface area contributed by atoms with Crippen LogP contribution in [0.1, 0.15) is 6.92 Å². The van der Waals surface area contributed by atoms with E-state index in [0.29, 0.717) is 17.9 Å². The lowest BCUT2D eigenvalue weighted by Crippen LogP contribution is -2.15. The van der Waals surface area contributed by atoms with Crippen LogP contribution in [-0.2, 0) is 0 Å². The molecule has 7 heteroatoms. The van der Waals surface area contributed by atoms with Crippen molar-refractivity contribution in [3.05, 3.63) is 28.3 Å². The second-order valence-corrected chi connectivity index (χ2v) is 3.87. The summed E-state index contributed by atoms with van der Waals surface area (Å²) in [4.78, 5) is 10.4. The Labute approximate surface area is 105 Å². The standard InChI is InChI=1S/C11H17N3O4/c1-8(16)7-13-9-2-3-10(12-4-5-15)11(6-9)14(17)18/h2-3,6,8,12-13,15-16H,4-5,7H2,1H3. The van der Waals surface area contributed by atoms with Crippen molar-refractivity contribution in [1.82, 2.24) is 0 Å². The van der Waals surface area contributed by atoms with Gasteiger partial charge in [-0.15, -0.1) is 0 Å². The molecule has 18 heavy (non-hydrogen) atoms. The average Bonchev–Trinajstić information content (AvgIpc) is 2.34. The van der Waals surface area contributed by atoms with Gasteiger partial charge in [0.2, 0.25) is 0 Å². The van der Waals surface area contributed by atoms with Gasteiger partial charge in [0.15, 0.2) is 0 Å². The monoisotopic (exact) mass is 255 g/mol. The van der Waals surface area contributed by atoms with E-state index in [1.54, 1.807) is 19.1 Å². The van der Waals surface area contributed by atoms with Gasteiger partial charge in [0.25, 0.3) is 5.69 Å². The van der Waals surface area contributed by atoms with Gasteiger partial charge in [0, 0.05) is 24.8 Å². The Kier molecular flexibility index (Phi) is 5.34. The number of hydrogen-bond acceptors (Lipinski definition) is 6. The molecule has 1 rings (SSSR count). The van der Waals surface area contributed by atoms with E-state index >= 15 is 0 Å². The largest absolute Gasteiger partial charge is 0.395 e. The summed E-state index contributed by atoms with van der Waals surface area (Å²) in [5.74, 6) is 0. The van der Waals surface area contributed by atoms with Crippen LogP contribution in [0.5, 0.6) is 0 Å². The van der Waals surface area contributed by atoms with Gasteiger partial charge in [-0.3, -0.25) is 10.1 Å². The van der Waals surface area contributed by atoms with E-state index in [-0.39, 0.29) is 18.8 Å². The number of nitrogens with zero attached hydrogens (tertiary/aromatic N) is 1. The minimum absolute atomic E-state index is 0.0703. The fourth-order valence-electron chi connectivity index (χ4n) is 1.40. The number of rotatable bonds is 7. The van der Waals surface area contributed by atoms with Crippen LogP contribution in [0.25, 0.3) is 0 Å². The number of hydrogen-bond donors (Lipinski definition) is 4. The van der Waals surface area contributed by atoms with Crippen molar-refractivity contribution < 1.29 is 15.1 Å². The Balaban J connectivity index is 2.85. The van der Waals surface area contributed by atoms with Crippen LogP contribution in [0.15, 0.2) is 18.2 Å². The number of nitro benzene ring substituents is 1. The predicted molar refractivity (Wildman–Crippen MR) is 68.8 cm³/mol. The molecule has 1 unspecified atom stereocenters. The first-order valence-electron chi connectivity index (χ1n) is 5.59. The molecule has 0 fully saturated rings. The molecule has 0 spiro atoms. The van der Waals surface area contributed by atoms with Gasteiger partial charge in [-0.1, -0.05) is 0 Å². The summed E-state index contributed by atoms with van der Waals surface area (Å²) >= 11 is 0. The van der Waals surface area contributed by atoms with E-state index in [0.717, 1.165) is 0 Å². The number of anilines is 2. The summed E-state index contributed by atoms with van der Waals surface area (Å²) in [5, 5.41) is 34.4. The maximum Gasteiger partial charge on any atom is 0.294 e. The molecule has 4 N–H and O–H groups in total. The van der Waals surface area contributed by atoms with E-state index in [1.165, 1.54) is 6.07 Å². The number of nitrogens with one attached hydrogen (secondary N) is 2. The second-order valence-electron chi connectivity index (χ2n) is 3.87. The third kappa shape index (κ3) is 4.19. The first kappa shape index (κ1) is 14.2. The first-order chi connectivity index (χ1) is 8.54. The zero-order valence-electron chi connectivity index (χ0n) is 10.1. The minimum atomic E-state index is -0.531. The zero-order valence-corrected chi connectivity index (χ0v) is 10.1. The Morgan fingerprint density at radius 1 is 1.44 bits per heavy atom. The topological polar surface area (TPSA) is 108 Å². The normalized spacial score (nSPS) is 11.9. The third-order valence-electron chi connectivity index (χ3n) is 2.22. The minimum Gasteiger partial charge on any atom is -0.395 e. The van der Waals surface area contributed by atoms with Gasteiger partial charge < -0.3 is 20.8 Å². The smallest absolute Gasteiger partial charge is 0.294 e. The van der Waals surface area contributed by atoms with Crippen molar-refractivity contribution in [2.24, 2.45) is 0 Å². The number of nitro groups is 1. The van der Waals surface area contributed by atoms with Gasteiger partial charge in [0.1, 0.15) is 5.69 Å². The molecule has 0 aliphatic rings. The first-order valence-corrected chi connectivity index (χ1v) is 5.59. The van der Waals surface area contributed by atoms with E-state index in [2.05, 4.69) is 10.6 Å². The molecule has 1 aromatic carbocycles. The highest BCUT2D eigenvalue weighted by Gasteiger charge is 2.14. The van der Waals surface area contributed by atoms with Crippen molar-refractivity contribution in [3.63, 3.8) is 0 Å². The highest BCUT2D eigenvalue weighted by molar-refractivity contribution is 5.67. The average molecular weight is 255 g/mol. The molecule has 0 aliphatic carbocycles. The fourth-order valence-corrected chi connectivity index (χ4v) is 1.40. The van der Waals surface area contributed by atoms with Crippen LogP contribution < -0.4 is 10.6 Å². The summed E-state index contributed by atoms with van der Waals surface area (Å²) in [6.45, 7) is 2.10. The van der Waals surface area contributed by atoms with E-state index < -0.39 is 11.0 Å². The van der Waals surface area contributed by atoms with Gasteiger partial charge >= 0.3 is 0 Å². The second kappa shape index (κ2) is 6.77. The van der Waals surface area contributed by atoms with Crippen molar-refractivity contribution in [2.45, 2.75) is 13.0 Å². The lowest BCUT2D eigenvalue weighted by molar-refractivity contribution is -0.383. The van der Waals surface area contributed by atoms with Crippen LogP contribution in [0, 0.1) is 10.1 Å². The zero-order chi connectivity index (χ0) is 13.5. The molecule has 0 aliphatic heterocycles. The van der Waals surface area contributed by atoms with Gasteiger partial charge in [-0.25, -0.2) is 0 Å². The van der Waals surface area contributed by atoms with E-state index in [9.17, 15) is 10.1 Å². The summed E-state index contributed by atoms with van der Waals surface area (Å²) < 4.78 is 0. The lowest BCUT2D eigenvalue weighted by Gasteiger charge is -2.10. The van der Waals surface area contributed by atoms with Crippen LogP contribution in [0.2, 0.25) is 0 Å². The molecule has 0 heterocycles. The molecule has 0 saturated heterocycles. The van der Waals surface area contributed by atoms with Gasteiger partial charge in [-0.2, -0.15) is 0 Å². The Hall–Kier alpha value is -1.86. The summed E-state index contributed by atoms with van der Waals surface area (Å²) in [6, 6.07) is 4.63. The molecule has 1 atom stereocenters. The highest BCUT2D eigenvalue weighted by atomic mass is 16.6. The van der Waals surface area contributed by atoms with Crippen molar-refractivity contribution in [3.8, 4) is 0 Å². The maximum absolute atomic E-state index is 10.9. The Bertz CT molecular complexity index is 409. The van der Waals surface area contributed by atoms with Crippen LogP contribution in [-0.4, -0.2) is 40.9 Å².